The summed E-state index contributed by atoms with van der Waals surface area (Å²) < 4.78 is 40.3. The molecule has 0 saturated heterocycles. The lowest BCUT2D eigenvalue weighted by Gasteiger charge is -2.29. The Morgan fingerprint density at radius 1 is 0.737 bits per heavy atom. The van der Waals surface area contributed by atoms with Crippen molar-refractivity contribution >= 4 is 23.3 Å². The monoisotopic (exact) mass is 515 g/mol. The third-order valence-electron chi connectivity index (χ3n) is 6.46. The standard InChI is InChI=1S/C30H24F3N3O2/c31-30(32,33)23-12-14-26(20-7-3-1-4-8-20)27(18-23)28(37)34-25-13-11-22-19-36(16-15-21(22)17-25)29(38)35-24-9-5-2-6-10-24/h1-14,17-18H,15-16,19H2,(H,34,37)(H,35,38). The molecule has 1 aliphatic rings. The molecular formula is C30H24F3N3O2. The number of fused-ring (bicyclic) bond motifs is 1. The minimum Gasteiger partial charge on any atom is -0.322 e. The number of para-hydroxylation sites is 1. The average molecular weight is 516 g/mol. The van der Waals surface area contributed by atoms with E-state index in [0.29, 0.717) is 42.0 Å². The van der Waals surface area contributed by atoms with Gasteiger partial charge in [0.15, 0.2) is 0 Å². The summed E-state index contributed by atoms with van der Waals surface area (Å²) in [6.07, 6.45) is -3.99. The largest absolute Gasteiger partial charge is 0.416 e. The first kappa shape index (κ1) is 25.1. The lowest BCUT2D eigenvalue weighted by molar-refractivity contribution is -0.137. The van der Waals surface area contributed by atoms with E-state index >= 15 is 0 Å². The zero-order chi connectivity index (χ0) is 26.7. The van der Waals surface area contributed by atoms with Crippen LogP contribution >= 0.6 is 0 Å². The first-order valence-corrected chi connectivity index (χ1v) is 12.1. The average Bonchev–Trinajstić information content (AvgIpc) is 2.93. The van der Waals surface area contributed by atoms with Gasteiger partial charge in [-0.15, -0.1) is 0 Å². The third kappa shape index (κ3) is 5.54. The van der Waals surface area contributed by atoms with Crippen LogP contribution < -0.4 is 10.6 Å². The van der Waals surface area contributed by atoms with Crippen molar-refractivity contribution in [3.05, 3.63) is 119 Å². The Morgan fingerprint density at radius 3 is 2.16 bits per heavy atom. The molecule has 0 fully saturated rings. The van der Waals surface area contributed by atoms with Crippen molar-refractivity contribution in [2.75, 3.05) is 17.2 Å². The summed E-state index contributed by atoms with van der Waals surface area (Å²) >= 11 is 0. The Balaban J connectivity index is 1.34. The van der Waals surface area contributed by atoms with Crippen LogP contribution in [0.2, 0.25) is 0 Å². The molecule has 38 heavy (non-hydrogen) atoms. The Morgan fingerprint density at radius 2 is 1.45 bits per heavy atom. The molecule has 4 aromatic carbocycles. The van der Waals surface area contributed by atoms with Crippen molar-refractivity contribution in [1.82, 2.24) is 4.90 Å². The molecule has 3 amide bonds. The lowest BCUT2D eigenvalue weighted by atomic mass is 9.96. The van der Waals surface area contributed by atoms with Crippen molar-refractivity contribution in [3.63, 3.8) is 0 Å². The van der Waals surface area contributed by atoms with Crippen LogP contribution in [0.15, 0.2) is 97.1 Å². The molecule has 0 aliphatic carbocycles. The summed E-state index contributed by atoms with van der Waals surface area (Å²) in [4.78, 5) is 27.6. The number of hydrogen-bond acceptors (Lipinski definition) is 2. The Bertz CT molecular complexity index is 1470. The molecule has 5 rings (SSSR count). The molecule has 192 valence electrons. The molecule has 0 bridgehead atoms. The molecule has 5 nitrogen and oxygen atoms in total. The number of anilines is 2. The first-order chi connectivity index (χ1) is 18.3. The maximum Gasteiger partial charge on any atom is 0.416 e. The summed E-state index contributed by atoms with van der Waals surface area (Å²) in [5.74, 6) is -0.630. The number of amides is 3. The summed E-state index contributed by atoms with van der Waals surface area (Å²) in [5.41, 5.74) is 3.22. The molecule has 0 radical (unpaired) electrons. The number of alkyl halides is 3. The van der Waals surface area contributed by atoms with E-state index in [1.54, 1.807) is 41.3 Å². The van der Waals surface area contributed by atoms with E-state index in [4.69, 9.17) is 0 Å². The van der Waals surface area contributed by atoms with Crippen molar-refractivity contribution in [3.8, 4) is 11.1 Å². The van der Waals surface area contributed by atoms with Gasteiger partial charge in [-0.1, -0.05) is 60.7 Å². The van der Waals surface area contributed by atoms with Gasteiger partial charge in [0.05, 0.1) is 5.56 Å². The SMILES string of the molecule is O=C(Nc1ccc2c(c1)CCN(C(=O)Nc1ccccc1)C2)c1cc(C(F)(F)F)ccc1-c1ccccc1. The normalized spacial score (nSPS) is 13.0. The third-order valence-corrected chi connectivity index (χ3v) is 6.46. The van der Waals surface area contributed by atoms with E-state index in [1.165, 1.54) is 6.07 Å². The maximum atomic E-state index is 13.4. The highest BCUT2D eigenvalue weighted by atomic mass is 19.4. The number of nitrogens with one attached hydrogen (secondary N) is 2. The number of nitrogens with zero attached hydrogens (tertiary/aromatic N) is 1. The molecule has 0 atom stereocenters. The molecular weight excluding hydrogens is 491 g/mol. The minimum atomic E-state index is -4.57. The fraction of sp³-hybridized carbons (Fsp3) is 0.133. The number of urea groups is 1. The Hall–Kier alpha value is -4.59. The van der Waals surface area contributed by atoms with Gasteiger partial charge in [-0.05, 0) is 65.1 Å². The van der Waals surface area contributed by atoms with Crippen LogP contribution in [0, 0.1) is 0 Å². The van der Waals surface area contributed by atoms with E-state index in [0.717, 1.165) is 23.3 Å². The second kappa shape index (κ2) is 10.4. The summed E-state index contributed by atoms with van der Waals surface area (Å²) in [6.45, 7) is 0.906. The van der Waals surface area contributed by atoms with E-state index in [-0.39, 0.29) is 11.6 Å². The second-order valence-corrected chi connectivity index (χ2v) is 9.03. The zero-order valence-electron chi connectivity index (χ0n) is 20.3. The van der Waals surface area contributed by atoms with Gasteiger partial charge in [0.2, 0.25) is 0 Å². The van der Waals surface area contributed by atoms with Gasteiger partial charge in [-0.2, -0.15) is 13.2 Å². The summed E-state index contributed by atoms with van der Waals surface area (Å²) in [6, 6.07) is 26.4. The second-order valence-electron chi connectivity index (χ2n) is 9.03. The Labute approximate surface area is 217 Å². The van der Waals surface area contributed by atoms with Gasteiger partial charge in [0, 0.05) is 30.0 Å². The van der Waals surface area contributed by atoms with Gasteiger partial charge >= 0.3 is 12.2 Å². The van der Waals surface area contributed by atoms with Crippen molar-refractivity contribution in [2.45, 2.75) is 19.1 Å². The molecule has 1 aliphatic heterocycles. The number of rotatable bonds is 4. The number of benzene rings is 4. The van der Waals surface area contributed by atoms with E-state index in [9.17, 15) is 22.8 Å². The lowest BCUT2D eigenvalue weighted by Crippen LogP contribution is -2.38. The minimum absolute atomic E-state index is 0.0625. The molecule has 4 aromatic rings. The molecule has 0 aromatic heterocycles. The van der Waals surface area contributed by atoms with Crippen molar-refractivity contribution in [2.24, 2.45) is 0 Å². The Kier molecular flexibility index (Phi) is 6.87. The molecule has 0 saturated carbocycles. The number of halogens is 3. The molecule has 2 N–H and O–H groups in total. The smallest absolute Gasteiger partial charge is 0.322 e. The topological polar surface area (TPSA) is 61.4 Å². The van der Waals surface area contributed by atoms with E-state index in [2.05, 4.69) is 10.6 Å². The van der Waals surface area contributed by atoms with Crippen molar-refractivity contribution in [1.29, 1.82) is 0 Å². The predicted octanol–water partition coefficient (Wildman–Crippen LogP) is 7.21. The molecule has 1 heterocycles. The number of hydrogen-bond donors (Lipinski definition) is 2. The fourth-order valence-electron chi connectivity index (χ4n) is 4.50. The van der Waals surface area contributed by atoms with Gasteiger partial charge in [0.1, 0.15) is 0 Å². The summed E-state index contributed by atoms with van der Waals surface area (Å²) in [5, 5.41) is 5.65. The zero-order valence-corrected chi connectivity index (χ0v) is 20.3. The van der Waals surface area contributed by atoms with E-state index < -0.39 is 17.6 Å². The number of carbonyl (C=O) groups excluding carboxylic acids is 2. The molecule has 0 spiro atoms. The van der Waals surface area contributed by atoms with Crippen LogP contribution in [0.5, 0.6) is 0 Å². The maximum absolute atomic E-state index is 13.4. The van der Waals surface area contributed by atoms with Gasteiger partial charge in [-0.3, -0.25) is 4.79 Å². The van der Waals surface area contributed by atoms with Crippen LogP contribution in [0.25, 0.3) is 11.1 Å². The predicted molar refractivity (Wildman–Crippen MR) is 141 cm³/mol. The first-order valence-electron chi connectivity index (χ1n) is 12.1. The van der Waals surface area contributed by atoms with Gasteiger partial charge < -0.3 is 15.5 Å². The van der Waals surface area contributed by atoms with Gasteiger partial charge in [0.25, 0.3) is 5.91 Å². The molecule has 8 heteroatoms. The highest BCUT2D eigenvalue weighted by Gasteiger charge is 2.32. The number of carbonyl (C=O) groups is 2. The van der Waals surface area contributed by atoms with Crippen LogP contribution in [0.1, 0.15) is 27.0 Å². The molecule has 0 unspecified atom stereocenters. The van der Waals surface area contributed by atoms with E-state index in [1.807, 2.05) is 42.5 Å². The highest BCUT2D eigenvalue weighted by Crippen LogP contribution is 2.34. The van der Waals surface area contributed by atoms with Gasteiger partial charge in [-0.25, -0.2) is 4.79 Å². The fourth-order valence-corrected chi connectivity index (χ4v) is 4.50. The van der Waals surface area contributed by atoms with Crippen LogP contribution in [-0.2, 0) is 19.1 Å². The van der Waals surface area contributed by atoms with Crippen molar-refractivity contribution < 1.29 is 22.8 Å². The van der Waals surface area contributed by atoms with Crippen LogP contribution in [0.4, 0.5) is 29.3 Å². The quantitative estimate of drug-likeness (QED) is 0.302. The van der Waals surface area contributed by atoms with Crippen LogP contribution in [0.3, 0.4) is 0 Å². The highest BCUT2D eigenvalue weighted by molar-refractivity contribution is 6.09. The van der Waals surface area contributed by atoms with Crippen LogP contribution in [-0.4, -0.2) is 23.4 Å². The summed E-state index contributed by atoms with van der Waals surface area (Å²) in [7, 11) is 0.